The van der Waals surface area contributed by atoms with Crippen LogP contribution < -0.4 is 4.72 Å². The lowest BCUT2D eigenvalue weighted by Gasteiger charge is -2.35. The van der Waals surface area contributed by atoms with Gasteiger partial charge in [0.2, 0.25) is 0 Å². The first-order valence-electron chi connectivity index (χ1n) is 11.1. The van der Waals surface area contributed by atoms with E-state index in [1.165, 1.54) is 25.0 Å². The second-order valence-electron chi connectivity index (χ2n) is 8.68. The number of carbonyl (C=O) groups is 1. The van der Waals surface area contributed by atoms with Gasteiger partial charge in [-0.2, -0.15) is 8.42 Å². The minimum atomic E-state index is -3.91. The number of anilines is 1. The van der Waals surface area contributed by atoms with Gasteiger partial charge in [-0.3, -0.25) is 14.4 Å². The number of pyridine rings is 1. The zero-order valence-corrected chi connectivity index (χ0v) is 19.6. The van der Waals surface area contributed by atoms with E-state index in [4.69, 9.17) is 11.6 Å². The highest BCUT2D eigenvalue weighted by molar-refractivity contribution is 7.92. The number of amides is 1. The summed E-state index contributed by atoms with van der Waals surface area (Å²) in [5.74, 6) is 0.708. The summed E-state index contributed by atoms with van der Waals surface area (Å²) in [7, 11) is -3.91. The van der Waals surface area contributed by atoms with Crippen LogP contribution in [0.5, 0.6) is 0 Å². The van der Waals surface area contributed by atoms with E-state index in [0.717, 1.165) is 30.9 Å². The summed E-state index contributed by atoms with van der Waals surface area (Å²) in [6.07, 6.45) is 2.64. The lowest BCUT2D eigenvalue weighted by molar-refractivity contribution is 0.0632. The van der Waals surface area contributed by atoms with Gasteiger partial charge >= 0.3 is 0 Å². The minimum Gasteiger partial charge on any atom is -0.336 e. The highest BCUT2D eigenvalue weighted by atomic mass is 35.5. The van der Waals surface area contributed by atoms with E-state index in [1.54, 1.807) is 24.3 Å². The molecule has 33 heavy (non-hydrogen) atoms. The highest BCUT2D eigenvalue weighted by Crippen LogP contribution is 2.30. The Hall–Kier alpha value is -2.68. The Morgan fingerprint density at radius 2 is 1.79 bits per heavy atom. The molecule has 0 spiro atoms. The van der Waals surface area contributed by atoms with Gasteiger partial charge in [-0.25, -0.2) is 4.98 Å². The first-order valence-corrected chi connectivity index (χ1v) is 12.9. The lowest BCUT2D eigenvalue weighted by Crippen LogP contribution is -2.49. The molecule has 1 aliphatic carbocycles. The normalized spacial score (nSPS) is 17.3. The summed E-state index contributed by atoms with van der Waals surface area (Å²) in [4.78, 5) is 21.5. The zero-order valence-electron chi connectivity index (χ0n) is 18.1. The number of carbonyl (C=O) groups excluding carboxylic acids is 1. The van der Waals surface area contributed by atoms with Crippen LogP contribution in [0.4, 0.5) is 5.69 Å². The molecule has 3 aromatic rings. The monoisotopic (exact) mass is 484 g/mol. The number of rotatable bonds is 6. The van der Waals surface area contributed by atoms with Crippen LogP contribution in [0.2, 0.25) is 5.02 Å². The van der Waals surface area contributed by atoms with Gasteiger partial charge in [0, 0.05) is 38.1 Å². The molecule has 0 radical (unpaired) electrons. The molecule has 172 valence electrons. The largest absolute Gasteiger partial charge is 0.336 e. The first kappa shape index (κ1) is 22.1. The van der Waals surface area contributed by atoms with Crippen molar-refractivity contribution in [2.75, 3.05) is 37.4 Å². The number of halogens is 1. The Morgan fingerprint density at radius 1 is 1.03 bits per heavy atom. The van der Waals surface area contributed by atoms with E-state index in [1.807, 2.05) is 23.1 Å². The second-order valence-corrected chi connectivity index (χ2v) is 10.7. The Labute approximate surface area is 198 Å². The summed E-state index contributed by atoms with van der Waals surface area (Å²) in [5, 5.41) is 0.990. The molecule has 5 rings (SSSR count). The van der Waals surface area contributed by atoms with Gasteiger partial charge in [0.1, 0.15) is 0 Å². The van der Waals surface area contributed by atoms with Crippen LogP contribution in [-0.4, -0.2) is 61.8 Å². The Balaban J connectivity index is 1.27. The number of sulfonamides is 1. The van der Waals surface area contributed by atoms with Crippen molar-refractivity contribution in [3.05, 3.63) is 65.2 Å². The smallest absolute Gasteiger partial charge is 0.279 e. The Kier molecular flexibility index (Phi) is 5.99. The van der Waals surface area contributed by atoms with Crippen LogP contribution in [0.1, 0.15) is 23.2 Å². The highest BCUT2D eigenvalue weighted by Gasteiger charge is 2.28. The quantitative estimate of drug-likeness (QED) is 0.574. The van der Waals surface area contributed by atoms with Crippen molar-refractivity contribution >= 4 is 44.1 Å². The number of para-hydroxylation sites is 1. The number of fused-ring (bicyclic) bond motifs is 1. The van der Waals surface area contributed by atoms with Crippen LogP contribution in [-0.2, 0) is 10.0 Å². The SMILES string of the molecule is O=C(c1ccc(NS(=O)(=O)c2ccc3ccccc3n2)cc1Cl)N1CCN(CC2CC2)CC1. The number of aromatic nitrogens is 1. The average molecular weight is 485 g/mol. The molecule has 0 unspecified atom stereocenters. The van der Waals surface area contributed by atoms with Crippen LogP contribution in [0, 0.1) is 5.92 Å². The fourth-order valence-corrected chi connectivity index (χ4v) is 5.39. The summed E-state index contributed by atoms with van der Waals surface area (Å²) < 4.78 is 28.2. The molecule has 0 bridgehead atoms. The first-order chi connectivity index (χ1) is 15.9. The summed E-state index contributed by atoms with van der Waals surface area (Å²) >= 11 is 6.39. The molecule has 2 fully saturated rings. The van der Waals surface area contributed by atoms with Crippen LogP contribution in [0.3, 0.4) is 0 Å². The fraction of sp³-hybridized carbons (Fsp3) is 0.333. The zero-order chi connectivity index (χ0) is 23.0. The molecule has 2 heterocycles. The molecule has 1 N–H and O–H groups in total. The third-order valence-corrected chi connectivity index (χ3v) is 7.77. The number of nitrogens with one attached hydrogen (secondary N) is 1. The molecule has 2 aromatic carbocycles. The summed E-state index contributed by atoms with van der Waals surface area (Å²) in [6, 6.07) is 15.1. The number of piperazine rings is 1. The van der Waals surface area contributed by atoms with Crippen molar-refractivity contribution in [3.8, 4) is 0 Å². The van der Waals surface area contributed by atoms with Gasteiger partial charge in [-0.15, -0.1) is 0 Å². The molecule has 1 amide bonds. The maximum atomic E-state index is 13.0. The van der Waals surface area contributed by atoms with Gasteiger partial charge < -0.3 is 4.90 Å². The maximum Gasteiger partial charge on any atom is 0.279 e. The van der Waals surface area contributed by atoms with E-state index in [0.29, 0.717) is 24.2 Å². The molecule has 1 saturated carbocycles. The van der Waals surface area contributed by atoms with Gasteiger partial charge in [-0.1, -0.05) is 29.8 Å². The second kappa shape index (κ2) is 8.93. The predicted octanol–water partition coefficient (Wildman–Crippen LogP) is 3.86. The molecule has 1 aromatic heterocycles. The predicted molar refractivity (Wildman–Crippen MR) is 129 cm³/mol. The number of hydrogen-bond acceptors (Lipinski definition) is 5. The Morgan fingerprint density at radius 3 is 2.52 bits per heavy atom. The number of benzene rings is 2. The van der Waals surface area contributed by atoms with Crippen molar-refractivity contribution in [2.24, 2.45) is 5.92 Å². The molecule has 2 aliphatic rings. The van der Waals surface area contributed by atoms with Crippen molar-refractivity contribution in [1.82, 2.24) is 14.8 Å². The van der Waals surface area contributed by atoms with Crippen LogP contribution in [0.25, 0.3) is 10.9 Å². The summed E-state index contributed by atoms with van der Waals surface area (Å²) in [5.41, 5.74) is 1.25. The molecule has 1 saturated heterocycles. The molecule has 1 aliphatic heterocycles. The van der Waals surface area contributed by atoms with Crippen molar-refractivity contribution in [2.45, 2.75) is 17.9 Å². The molecular formula is C24H25ClN4O3S. The standard InChI is InChI=1S/C24H25ClN4O3S/c25-21-15-19(27-33(31,32)23-10-7-18-3-1-2-4-22(18)26-23)8-9-20(21)24(30)29-13-11-28(12-14-29)16-17-5-6-17/h1-4,7-10,15,17,27H,5-6,11-14,16H2. The topological polar surface area (TPSA) is 82.6 Å². The van der Waals surface area contributed by atoms with E-state index in [-0.39, 0.29) is 21.6 Å². The third kappa shape index (κ3) is 4.98. The maximum absolute atomic E-state index is 13.0. The van der Waals surface area contributed by atoms with Crippen LogP contribution >= 0.6 is 11.6 Å². The molecule has 7 nitrogen and oxygen atoms in total. The molecule has 9 heteroatoms. The van der Waals surface area contributed by atoms with Gasteiger partial charge in [0.05, 0.1) is 21.8 Å². The van der Waals surface area contributed by atoms with Crippen LogP contribution in [0.15, 0.2) is 59.6 Å². The van der Waals surface area contributed by atoms with Gasteiger partial charge in [-0.05, 0) is 55.2 Å². The fourth-order valence-electron chi connectivity index (χ4n) is 4.13. The summed E-state index contributed by atoms with van der Waals surface area (Å²) in [6.45, 7) is 4.21. The molecule has 0 atom stereocenters. The number of nitrogens with zero attached hydrogens (tertiary/aromatic N) is 3. The number of hydrogen-bond donors (Lipinski definition) is 1. The van der Waals surface area contributed by atoms with E-state index in [2.05, 4.69) is 14.6 Å². The average Bonchev–Trinajstić information content (AvgIpc) is 3.63. The third-order valence-electron chi connectivity index (χ3n) is 6.17. The van der Waals surface area contributed by atoms with E-state index in [9.17, 15) is 13.2 Å². The molecular weight excluding hydrogens is 460 g/mol. The van der Waals surface area contributed by atoms with Crippen molar-refractivity contribution in [1.29, 1.82) is 0 Å². The van der Waals surface area contributed by atoms with Gasteiger partial charge in [0.15, 0.2) is 5.03 Å². The van der Waals surface area contributed by atoms with Crippen molar-refractivity contribution < 1.29 is 13.2 Å². The minimum absolute atomic E-state index is 0.0819. The van der Waals surface area contributed by atoms with Crippen molar-refractivity contribution in [3.63, 3.8) is 0 Å². The van der Waals surface area contributed by atoms with Gasteiger partial charge in [0.25, 0.3) is 15.9 Å². The lowest BCUT2D eigenvalue weighted by atomic mass is 10.1. The van der Waals surface area contributed by atoms with E-state index < -0.39 is 10.0 Å². The Bertz CT molecular complexity index is 1300. The van der Waals surface area contributed by atoms with E-state index >= 15 is 0 Å².